The third kappa shape index (κ3) is 3.36. The molecule has 4 heterocycles. The second-order valence-corrected chi connectivity index (χ2v) is 7.96. The zero-order chi connectivity index (χ0) is 23.9. The molecule has 0 radical (unpaired) electrons. The van der Waals surface area contributed by atoms with Crippen LogP contribution in [0, 0.1) is 5.82 Å². The van der Waals surface area contributed by atoms with E-state index in [1.165, 1.54) is 13.2 Å². The minimum atomic E-state index is -1.27. The molecular weight excluding hydrogens is 441 g/mol. The standard InChI is InChI=1S/C23H20FN7O3/c1-3-23(22(33)34-2)11-16(32)26-20-18(23)28-29-19(27-20)17-14-8-6-10-25-21(14)31(30-17)12-13-7-4-5-9-15(13)24/h4-10H,3,11-12H2,1-2H3,(H,26,27,29,32). The number of amides is 1. The van der Waals surface area contributed by atoms with Crippen LogP contribution in [0.1, 0.15) is 31.0 Å². The predicted molar refractivity (Wildman–Crippen MR) is 119 cm³/mol. The molecule has 11 heteroatoms. The molecule has 1 aliphatic rings. The summed E-state index contributed by atoms with van der Waals surface area (Å²) in [5.74, 6) is -1.02. The lowest BCUT2D eigenvalue weighted by molar-refractivity contribution is -0.150. The van der Waals surface area contributed by atoms with Crippen molar-refractivity contribution in [3.8, 4) is 11.5 Å². The molecule has 1 aliphatic heterocycles. The van der Waals surface area contributed by atoms with Crippen molar-refractivity contribution in [2.24, 2.45) is 0 Å². The minimum absolute atomic E-state index is 0.108. The molecule has 0 saturated carbocycles. The normalized spacial score (nSPS) is 17.3. The number of hydrogen-bond donors (Lipinski definition) is 1. The van der Waals surface area contributed by atoms with Crippen molar-refractivity contribution >= 4 is 28.7 Å². The molecule has 34 heavy (non-hydrogen) atoms. The fourth-order valence-electron chi connectivity index (χ4n) is 4.24. The van der Waals surface area contributed by atoms with Crippen LogP contribution in [0.15, 0.2) is 42.6 Å². The van der Waals surface area contributed by atoms with E-state index in [1.807, 2.05) is 0 Å². The van der Waals surface area contributed by atoms with Crippen LogP contribution >= 0.6 is 0 Å². The van der Waals surface area contributed by atoms with E-state index in [9.17, 15) is 14.0 Å². The second kappa shape index (κ2) is 8.25. The molecular formula is C23H20FN7O3. The van der Waals surface area contributed by atoms with E-state index in [-0.39, 0.29) is 42.0 Å². The first kappa shape index (κ1) is 21.6. The highest BCUT2D eigenvalue weighted by molar-refractivity contribution is 6.01. The van der Waals surface area contributed by atoms with Crippen LogP contribution in [0.25, 0.3) is 22.6 Å². The highest BCUT2D eigenvalue weighted by atomic mass is 19.1. The topological polar surface area (TPSA) is 125 Å². The molecule has 0 aliphatic carbocycles. The molecule has 10 nitrogen and oxygen atoms in total. The maximum Gasteiger partial charge on any atom is 0.318 e. The lowest BCUT2D eigenvalue weighted by Gasteiger charge is -2.32. The largest absolute Gasteiger partial charge is 0.468 e. The second-order valence-electron chi connectivity index (χ2n) is 7.96. The van der Waals surface area contributed by atoms with Crippen LogP contribution in [0.4, 0.5) is 10.2 Å². The monoisotopic (exact) mass is 461 g/mol. The van der Waals surface area contributed by atoms with Gasteiger partial charge in [-0.2, -0.15) is 5.10 Å². The number of halogens is 1. The first-order valence-corrected chi connectivity index (χ1v) is 10.7. The summed E-state index contributed by atoms with van der Waals surface area (Å²) in [7, 11) is 1.27. The first-order chi connectivity index (χ1) is 16.5. The summed E-state index contributed by atoms with van der Waals surface area (Å²) < 4.78 is 20.8. The number of carbonyl (C=O) groups is 2. The quantitative estimate of drug-likeness (QED) is 0.450. The summed E-state index contributed by atoms with van der Waals surface area (Å²) in [4.78, 5) is 33.9. The van der Waals surface area contributed by atoms with Gasteiger partial charge < -0.3 is 10.1 Å². The molecule has 3 aromatic heterocycles. The Morgan fingerprint density at radius 1 is 1.24 bits per heavy atom. The van der Waals surface area contributed by atoms with Gasteiger partial charge in [0.1, 0.15) is 22.6 Å². The molecule has 4 aromatic rings. The van der Waals surface area contributed by atoms with Crippen molar-refractivity contribution in [3.05, 3.63) is 59.7 Å². The van der Waals surface area contributed by atoms with Crippen LogP contribution in [0.3, 0.4) is 0 Å². The molecule has 0 spiro atoms. The number of ether oxygens (including phenoxy) is 1. The Labute approximate surface area is 193 Å². The number of anilines is 1. The van der Waals surface area contributed by atoms with Crippen LogP contribution in [-0.4, -0.2) is 48.9 Å². The number of pyridine rings is 1. The fraction of sp³-hybridized carbons (Fsp3) is 0.261. The van der Waals surface area contributed by atoms with E-state index in [2.05, 4.69) is 30.6 Å². The van der Waals surface area contributed by atoms with Gasteiger partial charge in [-0.15, -0.1) is 10.2 Å². The summed E-state index contributed by atoms with van der Waals surface area (Å²) in [6, 6.07) is 9.97. The summed E-state index contributed by atoms with van der Waals surface area (Å²) in [5, 5.41) is 16.4. The summed E-state index contributed by atoms with van der Waals surface area (Å²) in [5.41, 5.74) is 0.321. The zero-order valence-corrected chi connectivity index (χ0v) is 18.4. The number of rotatable bonds is 5. The molecule has 0 fully saturated rings. The number of hydrogen-bond acceptors (Lipinski definition) is 8. The molecule has 1 unspecified atom stereocenters. The molecule has 0 bridgehead atoms. The molecule has 1 amide bonds. The maximum atomic E-state index is 14.3. The zero-order valence-electron chi connectivity index (χ0n) is 18.4. The highest BCUT2D eigenvalue weighted by Gasteiger charge is 2.49. The lowest BCUT2D eigenvalue weighted by atomic mass is 9.76. The number of nitrogens with zero attached hydrogens (tertiary/aromatic N) is 6. The van der Waals surface area contributed by atoms with E-state index in [1.54, 1.807) is 48.1 Å². The van der Waals surface area contributed by atoms with Crippen molar-refractivity contribution in [1.29, 1.82) is 0 Å². The van der Waals surface area contributed by atoms with Crippen LogP contribution < -0.4 is 5.32 Å². The number of aromatic nitrogens is 6. The average molecular weight is 461 g/mol. The number of fused-ring (bicyclic) bond motifs is 2. The Kier molecular flexibility index (Phi) is 5.23. The highest BCUT2D eigenvalue weighted by Crippen LogP contribution is 2.39. The number of nitrogens with one attached hydrogen (secondary N) is 1. The number of esters is 1. The molecule has 5 rings (SSSR count). The number of methoxy groups -OCH3 is 1. The predicted octanol–water partition coefficient (Wildman–Crippen LogP) is 2.63. The van der Waals surface area contributed by atoms with Gasteiger partial charge in [0.15, 0.2) is 11.5 Å². The fourth-order valence-corrected chi connectivity index (χ4v) is 4.24. The maximum absolute atomic E-state index is 14.3. The summed E-state index contributed by atoms with van der Waals surface area (Å²) in [6.07, 6.45) is 1.80. The van der Waals surface area contributed by atoms with Crippen LogP contribution in [0.2, 0.25) is 0 Å². The Bertz CT molecular complexity index is 1440. The Balaban J connectivity index is 1.63. The van der Waals surface area contributed by atoms with Crippen LogP contribution in [-0.2, 0) is 26.3 Å². The van der Waals surface area contributed by atoms with Gasteiger partial charge in [-0.25, -0.2) is 19.0 Å². The van der Waals surface area contributed by atoms with Gasteiger partial charge in [-0.1, -0.05) is 25.1 Å². The molecule has 0 saturated heterocycles. The third-order valence-corrected chi connectivity index (χ3v) is 6.04. The lowest BCUT2D eigenvalue weighted by Crippen LogP contribution is -2.45. The van der Waals surface area contributed by atoms with Gasteiger partial charge in [-0.05, 0) is 24.6 Å². The molecule has 1 atom stereocenters. The number of carbonyl (C=O) groups excluding carboxylic acids is 2. The Morgan fingerprint density at radius 2 is 2.06 bits per heavy atom. The third-order valence-electron chi connectivity index (χ3n) is 6.04. The summed E-state index contributed by atoms with van der Waals surface area (Å²) in [6.45, 7) is 1.93. The van der Waals surface area contributed by atoms with Crippen LogP contribution in [0.5, 0.6) is 0 Å². The van der Waals surface area contributed by atoms with Crippen molar-refractivity contribution < 1.29 is 18.7 Å². The van der Waals surface area contributed by atoms with Crippen molar-refractivity contribution in [3.63, 3.8) is 0 Å². The van der Waals surface area contributed by atoms with E-state index >= 15 is 0 Å². The first-order valence-electron chi connectivity index (χ1n) is 10.7. The van der Waals surface area contributed by atoms with E-state index in [4.69, 9.17) is 4.74 Å². The van der Waals surface area contributed by atoms with Gasteiger partial charge in [-0.3, -0.25) is 9.59 Å². The van der Waals surface area contributed by atoms with Gasteiger partial charge in [0.05, 0.1) is 19.0 Å². The van der Waals surface area contributed by atoms with Gasteiger partial charge >= 0.3 is 5.97 Å². The van der Waals surface area contributed by atoms with Crippen molar-refractivity contribution in [2.75, 3.05) is 12.4 Å². The Hall–Kier alpha value is -4.28. The van der Waals surface area contributed by atoms with Crippen molar-refractivity contribution in [2.45, 2.75) is 31.7 Å². The van der Waals surface area contributed by atoms with Gasteiger partial charge in [0.25, 0.3) is 0 Å². The van der Waals surface area contributed by atoms with Gasteiger partial charge in [0, 0.05) is 18.2 Å². The van der Waals surface area contributed by atoms with Crippen molar-refractivity contribution in [1.82, 2.24) is 29.9 Å². The average Bonchev–Trinajstić information content (AvgIpc) is 3.22. The summed E-state index contributed by atoms with van der Waals surface area (Å²) >= 11 is 0. The van der Waals surface area contributed by atoms with E-state index < -0.39 is 11.4 Å². The van der Waals surface area contributed by atoms with E-state index in [0.29, 0.717) is 28.7 Å². The van der Waals surface area contributed by atoms with E-state index in [0.717, 1.165) is 0 Å². The van der Waals surface area contributed by atoms with Gasteiger partial charge in [0.2, 0.25) is 11.7 Å². The SMILES string of the molecule is CCC1(C(=O)OC)CC(=O)Nc2nc(-c3nn(Cc4ccccc4F)c4ncccc34)nnc21. The smallest absolute Gasteiger partial charge is 0.318 e. The minimum Gasteiger partial charge on any atom is -0.468 e. The molecule has 172 valence electrons. The molecule has 1 aromatic carbocycles. The number of benzene rings is 1. The molecule has 1 N–H and O–H groups in total. The Morgan fingerprint density at radius 3 is 2.82 bits per heavy atom.